The van der Waals surface area contributed by atoms with Crippen molar-refractivity contribution in [3.8, 4) is 5.75 Å². The van der Waals surface area contributed by atoms with Gasteiger partial charge in [-0.2, -0.15) is 4.98 Å². The van der Waals surface area contributed by atoms with Crippen LogP contribution in [0.1, 0.15) is 25.6 Å². The summed E-state index contributed by atoms with van der Waals surface area (Å²) in [5, 5.41) is 3.99. The molecule has 0 saturated heterocycles. The fourth-order valence-electron chi connectivity index (χ4n) is 1.60. The van der Waals surface area contributed by atoms with Gasteiger partial charge in [0.1, 0.15) is 5.75 Å². The molecule has 19 heavy (non-hydrogen) atoms. The molecule has 0 radical (unpaired) electrons. The van der Waals surface area contributed by atoms with Crippen molar-refractivity contribution in [1.29, 1.82) is 0 Å². The Kier molecular flexibility index (Phi) is 4.85. The van der Waals surface area contributed by atoms with Gasteiger partial charge >= 0.3 is 0 Å². The average molecular weight is 278 g/mol. The second kappa shape index (κ2) is 6.61. The molecule has 1 aromatic heterocycles. The normalized spacial score (nSPS) is 10.9. The van der Waals surface area contributed by atoms with E-state index in [9.17, 15) is 0 Å². The van der Waals surface area contributed by atoms with E-state index in [0.717, 1.165) is 28.8 Å². The van der Waals surface area contributed by atoms with Crippen LogP contribution in [0.15, 0.2) is 33.7 Å². The van der Waals surface area contributed by atoms with E-state index in [-0.39, 0.29) is 0 Å². The van der Waals surface area contributed by atoms with Crippen LogP contribution in [0.4, 0.5) is 0 Å². The van der Waals surface area contributed by atoms with Crippen LogP contribution in [0.25, 0.3) is 0 Å². The van der Waals surface area contributed by atoms with Gasteiger partial charge in [0.15, 0.2) is 5.82 Å². The van der Waals surface area contributed by atoms with E-state index in [1.54, 1.807) is 18.9 Å². The van der Waals surface area contributed by atoms with Gasteiger partial charge in [-0.05, 0) is 30.2 Å². The number of aromatic nitrogens is 2. The quantitative estimate of drug-likeness (QED) is 0.756. The molecular formula is C14H18N2O2S. The van der Waals surface area contributed by atoms with Gasteiger partial charge in [0, 0.05) is 11.3 Å². The zero-order valence-electron chi connectivity index (χ0n) is 11.4. The molecule has 0 fully saturated rings. The fraction of sp³-hybridized carbons (Fsp3) is 0.429. The Morgan fingerprint density at radius 3 is 2.63 bits per heavy atom. The molecule has 4 nitrogen and oxygen atoms in total. The Bertz CT molecular complexity index is 508. The van der Waals surface area contributed by atoms with Crippen LogP contribution in [0, 0.1) is 5.92 Å². The highest BCUT2D eigenvalue weighted by molar-refractivity contribution is 7.98. The van der Waals surface area contributed by atoms with Gasteiger partial charge in [0.25, 0.3) is 0 Å². The van der Waals surface area contributed by atoms with Gasteiger partial charge < -0.3 is 9.26 Å². The summed E-state index contributed by atoms with van der Waals surface area (Å²) in [6, 6.07) is 7.95. The lowest BCUT2D eigenvalue weighted by atomic mass is 10.1. The third kappa shape index (κ3) is 4.28. The first-order valence-corrected chi connectivity index (χ1v) is 7.24. The number of ether oxygens (including phenoxy) is 1. The molecule has 1 aromatic carbocycles. The van der Waals surface area contributed by atoms with Gasteiger partial charge in [-0.1, -0.05) is 19.0 Å². The summed E-state index contributed by atoms with van der Waals surface area (Å²) in [6.07, 6.45) is 0.834. The summed E-state index contributed by atoms with van der Waals surface area (Å²) in [5.41, 5.74) is 0. The van der Waals surface area contributed by atoms with Gasteiger partial charge in [0.2, 0.25) is 5.89 Å². The Morgan fingerprint density at radius 1 is 1.26 bits per heavy atom. The number of hydrogen-bond acceptors (Lipinski definition) is 5. The molecule has 0 bridgehead atoms. The lowest BCUT2D eigenvalue weighted by Crippen LogP contribution is -1.94. The lowest BCUT2D eigenvalue weighted by Gasteiger charge is -2.01. The van der Waals surface area contributed by atoms with Crippen LogP contribution in [-0.4, -0.2) is 17.3 Å². The highest BCUT2D eigenvalue weighted by atomic mass is 32.2. The van der Waals surface area contributed by atoms with Crippen LogP contribution in [0.3, 0.4) is 0 Å². The van der Waals surface area contributed by atoms with Crippen molar-refractivity contribution >= 4 is 11.8 Å². The van der Waals surface area contributed by atoms with E-state index in [2.05, 4.69) is 24.0 Å². The molecule has 2 aromatic rings. The highest BCUT2D eigenvalue weighted by Crippen LogP contribution is 2.24. The predicted molar refractivity (Wildman–Crippen MR) is 75.4 cm³/mol. The second-order valence-corrected chi connectivity index (χ2v) is 5.72. The minimum atomic E-state index is 0.530. The van der Waals surface area contributed by atoms with Crippen molar-refractivity contribution in [3.05, 3.63) is 36.0 Å². The molecule has 0 aliphatic carbocycles. The van der Waals surface area contributed by atoms with Crippen molar-refractivity contribution in [2.45, 2.75) is 30.9 Å². The first-order chi connectivity index (χ1) is 9.17. The summed E-state index contributed by atoms with van der Waals surface area (Å²) in [5.74, 6) is 3.58. The van der Waals surface area contributed by atoms with Crippen LogP contribution in [-0.2, 0) is 12.2 Å². The van der Waals surface area contributed by atoms with Crippen LogP contribution < -0.4 is 4.74 Å². The van der Waals surface area contributed by atoms with E-state index in [1.807, 2.05) is 24.3 Å². The minimum absolute atomic E-state index is 0.530. The topological polar surface area (TPSA) is 48.2 Å². The molecular weight excluding hydrogens is 260 g/mol. The van der Waals surface area contributed by atoms with E-state index >= 15 is 0 Å². The predicted octanol–water partition coefficient (Wildman–Crippen LogP) is 3.57. The molecule has 0 spiro atoms. The lowest BCUT2D eigenvalue weighted by molar-refractivity contribution is 0.360. The summed E-state index contributed by atoms with van der Waals surface area (Å²) >= 11 is 1.68. The number of hydrogen-bond donors (Lipinski definition) is 0. The zero-order valence-corrected chi connectivity index (χ0v) is 12.2. The molecule has 0 amide bonds. The number of thioether (sulfide) groups is 1. The van der Waals surface area contributed by atoms with Crippen molar-refractivity contribution in [2.24, 2.45) is 5.92 Å². The standard InChI is InChI=1S/C14H18N2O2S/c1-10(2)8-14-15-13(16-18-14)9-19-12-6-4-11(17-3)5-7-12/h4-7,10H,8-9H2,1-3H3. The van der Waals surface area contributed by atoms with Crippen LogP contribution in [0.2, 0.25) is 0 Å². The first-order valence-electron chi connectivity index (χ1n) is 6.25. The smallest absolute Gasteiger partial charge is 0.226 e. The summed E-state index contributed by atoms with van der Waals surface area (Å²) in [4.78, 5) is 5.54. The third-order valence-corrected chi connectivity index (χ3v) is 3.53. The Labute approximate surface area is 117 Å². The maximum Gasteiger partial charge on any atom is 0.226 e. The zero-order chi connectivity index (χ0) is 13.7. The van der Waals surface area contributed by atoms with E-state index in [0.29, 0.717) is 11.7 Å². The van der Waals surface area contributed by atoms with Gasteiger partial charge in [0.05, 0.1) is 12.9 Å². The number of methoxy groups -OCH3 is 1. The summed E-state index contributed by atoms with van der Waals surface area (Å²) < 4.78 is 10.3. The maximum absolute atomic E-state index is 5.21. The molecule has 2 rings (SSSR count). The van der Waals surface area contributed by atoms with Crippen molar-refractivity contribution in [3.63, 3.8) is 0 Å². The van der Waals surface area contributed by atoms with E-state index < -0.39 is 0 Å². The Balaban J connectivity index is 1.89. The molecule has 102 valence electrons. The van der Waals surface area contributed by atoms with Crippen molar-refractivity contribution in [2.75, 3.05) is 7.11 Å². The maximum atomic E-state index is 5.21. The number of nitrogens with zero attached hydrogens (tertiary/aromatic N) is 2. The third-order valence-electron chi connectivity index (χ3n) is 2.52. The average Bonchev–Trinajstić information content (AvgIpc) is 2.84. The number of rotatable bonds is 6. The minimum Gasteiger partial charge on any atom is -0.497 e. The van der Waals surface area contributed by atoms with Crippen molar-refractivity contribution in [1.82, 2.24) is 10.1 Å². The second-order valence-electron chi connectivity index (χ2n) is 4.67. The van der Waals surface area contributed by atoms with Gasteiger partial charge in [-0.15, -0.1) is 11.8 Å². The molecule has 1 heterocycles. The molecule has 0 N–H and O–H groups in total. The van der Waals surface area contributed by atoms with E-state index in [4.69, 9.17) is 9.26 Å². The monoisotopic (exact) mass is 278 g/mol. The Hall–Kier alpha value is -1.49. The SMILES string of the molecule is COc1ccc(SCc2noc(CC(C)C)n2)cc1. The molecule has 0 aliphatic rings. The molecule has 0 saturated carbocycles. The van der Waals surface area contributed by atoms with Crippen molar-refractivity contribution < 1.29 is 9.26 Å². The molecule has 0 atom stereocenters. The van der Waals surface area contributed by atoms with Crippen LogP contribution >= 0.6 is 11.8 Å². The molecule has 5 heteroatoms. The molecule has 0 unspecified atom stereocenters. The molecule has 0 aliphatic heterocycles. The number of benzene rings is 1. The van der Waals surface area contributed by atoms with Gasteiger partial charge in [-0.25, -0.2) is 0 Å². The fourth-order valence-corrected chi connectivity index (χ4v) is 2.34. The van der Waals surface area contributed by atoms with Gasteiger partial charge in [-0.3, -0.25) is 0 Å². The largest absolute Gasteiger partial charge is 0.497 e. The van der Waals surface area contributed by atoms with E-state index in [1.165, 1.54) is 0 Å². The first kappa shape index (κ1) is 13.9. The Morgan fingerprint density at radius 2 is 2.00 bits per heavy atom. The summed E-state index contributed by atoms with van der Waals surface area (Å²) in [6.45, 7) is 4.27. The summed E-state index contributed by atoms with van der Waals surface area (Å²) in [7, 11) is 1.66. The van der Waals surface area contributed by atoms with Crippen LogP contribution in [0.5, 0.6) is 5.75 Å². The highest BCUT2D eigenvalue weighted by Gasteiger charge is 2.08.